The number of hydrogen-bond acceptors (Lipinski definition) is 10. The molecule has 338 valence electrons. The largest absolute Gasteiger partial charge is 1.00 e. The van der Waals surface area contributed by atoms with Crippen molar-refractivity contribution >= 4 is 36.2 Å². The summed E-state index contributed by atoms with van der Waals surface area (Å²) in [5, 5.41) is 17.6. The number of rotatable bonds is 11. The third-order valence-corrected chi connectivity index (χ3v) is 19.8. The van der Waals surface area contributed by atoms with Crippen LogP contribution in [0.1, 0.15) is 74.7 Å². The molecule has 10 atom stereocenters. The third-order valence-electron chi connectivity index (χ3n) is 14.8. The van der Waals surface area contributed by atoms with E-state index in [2.05, 4.69) is 65.0 Å². The van der Waals surface area contributed by atoms with Crippen LogP contribution in [-0.4, -0.2) is 78.1 Å². The van der Waals surface area contributed by atoms with E-state index < -0.39 is 60.4 Å². The molecule has 1 aliphatic heterocycles. The van der Waals surface area contributed by atoms with Gasteiger partial charge < -0.3 is 33.2 Å². The molecule has 7 rings (SSSR count). The van der Waals surface area contributed by atoms with Gasteiger partial charge in [0.1, 0.15) is 13.6 Å². The van der Waals surface area contributed by atoms with E-state index in [0.717, 1.165) is 22.4 Å². The summed E-state index contributed by atoms with van der Waals surface area (Å²) in [6.07, 6.45) is 9.31. The van der Waals surface area contributed by atoms with Crippen LogP contribution in [0.5, 0.6) is 0 Å². The molecule has 10 nitrogen and oxygen atoms in total. The molecule has 1 saturated carbocycles. The van der Waals surface area contributed by atoms with E-state index >= 15 is 9.90 Å². The van der Waals surface area contributed by atoms with Crippen molar-refractivity contribution in [3.05, 3.63) is 119 Å². The van der Waals surface area contributed by atoms with Crippen molar-refractivity contribution in [2.75, 3.05) is 34.4 Å². The second kappa shape index (κ2) is 19.9. The van der Waals surface area contributed by atoms with Crippen LogP contribution in [0.4, 0.5) is 0 Å². The van der Waals surface area contributed by atoms with E-state index in [4.69, 9.17) is 28.1 Å². The fourth-order valence-corrected chi connectivity index (χ4v) is 16.6. The number of ketones is 2. The van der Waals surface area contributed by atoms with Gasteiger partial charge in [-0.1, -0.05) is 138 Å². The van der Waals surface area contributed by atoms with Crippen LogP contribution in [0.2, 0.25) is 5.04 Å². The molecule has 12 heteroatoms. The number of carbonyl (C=O) groups excluding carboxylic acids is 3. The molecule has 2 fully saturated rings. The molecular weight excluding hydrogens is 836 g/mol. The molecule has 1 saturated heterocycles. The number of hydrogen-bond donors (Lipinski definition) is 0. The number of carbonyl (C=O) groups is 3. The van der Waals surface area contributed by atoms with E-state index in [1.807, 2.05) is 68.5 Å². The maximum absolute atomic E-state index is 15.8. The molecule has 2 aromatic carbocycles. The summed E-state index contributed by atoms with van der Waals surface area (Å²) in [4.78, 5) is 44.5. The van der Waals surface area contributed by atoms with Gasteiger partial charge in [0.15, 0.2) is 11.4 Å². The Bertz CT molecular complexity index is 2170. The molecular formula is C52H65NaO10Si. The molecule has 5 aliphatic rings. The second-order valence-electron chi connectivity index (χ2n) is 19.7. The average Bonchev–Trinajstić information content (AvgIpc) is 3.49. The number of allylic oxidation sites excluding steroid dienone is 5. The van der Waals surface area contributed by atoms with Gasteiger partial charge in [-0.05, 0) is 70.0 Å². The van der Waals surface area contributed by atoms with Gasteiger partial charge in [-0.15, -0.1) is 5.76 Å². The van der Waals surface area contributed by atoms with Gasteiger partial charge in [0.2, 0.25) is 5.78 Å². The predicted octanol–water partition coefficient (Wildman–Crippen LogP) is 3.94. The Morgan fingerprint density at radius 2 is 1.47 bits per heavy atom. The molecule has 4 aliphatic carbocycles. The van der Waals surface area contributed by atoms with Gasteiger partial charge in [-0.3, -0.25) is 9.59 Å². The van der Waals surface area contributed by atoms with Gasteiger partial charge in [0, 0.05) is 38.9 Å². The first kappa shape index (κ1) is 50.2. The molecule has 1 spiro atoms. The number of methoxy groups -OCH3 is 2. The number of benzene rings is 2. The average molecular weight is 901 g/mol. The van der Waals surface area contributed by atoms with Crippen molar-refractivity contribution in [2.24, 2.45) is 40.9 Å². The first-order chi connectivity index (χ1) is 30.0. The Kier molecular flexibility index (Phi) is 15.6. The zero-order chi connectivity index (χ0) is 45.5. The molecule has 0 radical (unpaired) electrons. The van der Waals surface area contributed by atoms with Crippen LogP contribution in [0, 0.1) is 40.9 Å². The second-order valence-corrected chi connectivity index (χ2v) is 24.0. The number of ether oxygens (including phenoxy) is 5. The topological polar surface area (TPSA) is 130 Å². The molecule has 0 N–H and O–H groups in total. The monoisotopic (exact) mass is 900 g/mol. The number of Topliss-reactive ketones (excluding diaryl/α,β-unsaturated/α-hetero) is 2. The van der Waals surface area contributed by atoms with Crippen LogP contribution in [-0.2, 0) is 42.5 Å². The van der Waals surface area contributed by atoms with Gasteiger partial charge in [0.05, 0.1) is 30.3 Å². The van der Waals surface area contributed by atoms with E-state index in [1.165, 1.54) is 7.11 Å². The predicted molar refractivity (Wildman–Crippen MR) is 242 cm³/mol. The first-order valence-electron chi connectivity index (χ1n) is 22.4. The molecule has 0 unspecified atom stereocenters. The van der Waals surface area contributed by atoms with Crippen LogP contribution in [0.3, 0.4) is 0 Å². The minimum Gasteiger partial charge on any atom is -0.874 e. The smallest absolute Gasteiger partial charge is 0.874 e. The van der Waals surface area contributed by atoms with Crippen LogP contribution < -0.4 is 45.0 Å². The minimum absolute atomic E-state index is 0. The molecule has 0 amide bonds. The summed E-state index contributed by atoms with van der Waals surface area (Å²) in [6, 6.07) is 20.5. The van der Waals surface area contributed by atoms with Gasteiger partial charge >= 0.3 is 35.5 Å². The van der Waals surface area contributed by atoms with Crippen LogP contribution >= 0.6 is 0 Å². The van der Waals surface area contributed by atoms with E-state index in [9.17, 15) is 9.59 Å². The zero-order valence-corrected chi connectivity index (χ0v) is 42.6. The van der Waals surface area contributed by atoms with Gasteiger partial charge in [0.25, 0.3) is 8.32 Å². The van der Waals surface area contributed by atoms with E-state index in [-0.39, 0.29) is 103 Å². The van der Waals surface area contributed by atoms with Crippen molar-refractivity contribution in [1.29, 1.82) is 0 Å². The summed E-state index contributed by atoms with van der Waals surface area (Å²) in [5.74, 6) is -4.18. The van der Waals surface area contributed by atoms with Crippen LogP contribution in [0.15, 0.2) is 119 Å². The standard InChI is InChI=1S/C52H66O10Si.Na/c1-32-21-24-42(53)33(2)26-41-43(59-30-57-9)27-36(29-61-63(50(5,6)7,37-17-13-11-14-18-37)38-19-15-12-16-20-38)28-52(41)48(55)44(49(56)62-52)47(54)51(8)40(32)23-22-39-45(51)34(3)25-35(4)46(39)60-31-58-10;/h11-23,26-27,34-35,39-41,43,45-46,54H,24-25,28-31H2,1-10H3;/q;+1/p-1/b32-21+,33-26+,47-44-;/t34-,35-,39-,40-,41+,43-,45+,46-,51+,52-;/m0./s1. The molecule has 1 heterocycles. The number of esters is 1. The van der Waals surface area contributed by atoms with Gasteiger partial charge in [-0.25, -0.2) is 4.79 Å². The van der Waals surface area contributed by atoms with Crippen molar-refractivity contribution < 1.29 is 77.2 Å². The molecule has 64 heavy (non-hydrogen) atoms. The molecule has 2 bridgehead atoms. The summed E-state index contributed by atoms with van der Waals surface area (Å²) in [5.41, 5.74) is -1.77. The minimum atomic E-state index is -3.08. The van der Waals surface area contributed by atoms with E-state index in [0.29, 0.717) is 11.1 Å². The van der Waals surface area contributed by atoms with Crippen LogP contribution in [0.25, 0.3) is 0 Å². The number of fused-ring (bicyclic) bond motifs is 4. The van der Waals surface area contributed by atoms with Crippen molar-refractivity contribution in [2.45, 2.75) is 97.5 Å². The summed E-state index contributed by atoms with van der Waals surface area (Å²) in [6.45, 7) is 16.4. The Labute approximate surface area is 402 Å². The summed E-state index contributed by atoms with van der Waals surface area (Å²) < 4.78 is 37.3. The summed E-state index contributed by atoms with van der Waals surface area (Å²) >= 11 is 0. The van der Waals surface area contributed by atoms with Crippen molar-refractivity contribution in [3.63, 3.8) is 0 Å². The molecule has 2 aromatic rings. The first-order valence-corrected chi connectivity index (χ1v) is 24.3. The van der Waals surface area contributed by atoms with E-state index in [1.54, 1.807) is 20.1 Å². The van der Waals surface area contributed by atoms with Crippen molar-refractivity contribution in [1.82, 2.24) is 0 Å². The van der Waals surface area contributed by atoms with Gasteiger partial charge in [-0.2, -0.15) is 0 Å². The third kappa shape index (κ3) is 8.74. The maximum Gasteiger partial charge on any atom is 1.00 e. The fourth-order valence-electron chi connectivity index (χ4n) is 12.0. The zero-order valence-electron chi connectivity index (χ0n) is 39.6. The Hall–Kier alpha value is -3.23. The Morgan fingerprint density at radius 1 is 0.859 bits per heavy atom. The Morgan fingerprint density at radius 3 is 2.06 bits per heavy atom. The summed E-state index contributed by atoms with van der Waals surface area (Å²) in [7, 11) is 0.00621. The maximum atomic E-state index is 15.8. The quantitative estimate of drug-likeness (QED) is 0.108. The van der Waals surface area contributed by atoms with Crippen molar-refractivity contribution in [3.8, 4) is 0 Å². The Balaban J connectivity index is 0.00000680. The normalized spacial score (nSPS) is 34.8. The SMILES string of the molecule is COCO[C@@H]1[C@H]2C=C[C@H]3/C(C)=C/CC(=O)/C(C)=C/[C@@H]4[C@@H](OCOC)C=C(CO[Si](c5ccccc5)(c5ccccc5)C(C)(C)C)C[C@]45OC(=O)/C(=C(\[O-])[C@@]3(C)[C@@H]2[C@@H](C)C[C@@H]1C)C5=O.[Na+]. The fraction of sp³-hybridized carbons (Fsp3) is 0.519. The molecule has 0 aromatic heterocycles.